The highest BCUT2D eigenvalue weighted by Crippen LogP contribution is 2.53. The van der Waals surface area contributed by atoms with E-state index >= 15 is 0 Å². The summed E-state index contributed by atoms with van der Waals surface area (Å²) in [5.74, 6) is 3.28. The Morgan fingerprint density at radius 3 is 2.21 bits per heavy atom. The number of nitrogens with zero attached hydrogens (tertiary/aromatic N) is 1. The lowest BCUT2D eigenvalue weighted by Gasteiger charge is -2.54. The van der Waals surface area contributed by atoms with E-state index in [0.29, 0.717) is 17.9 Å². The molecular weight excluding hydrogens is 240 g/mol. The fourth-order valence-corrected chi connectivity index (χ4v) is 4.73. The highest BCUT2D eigenvalue weighted by Gasteiger charge is 2.48. The number of aliphatic hydroxyl groups is 1. The van der Waals surface area contributed by atoms with E-state index in [4.69, 9.17) is 5.11 Å². The molecule has 0 aromatic rings. The molecule has 0 aromatic carbocycles. The normalized spacial score (nSPS) is 41.1. The SMILES string of the molecule is CC(CO)N(C)C(=O)NC1C2CC3CC(C2)CC1C3. The van der Waals surface area contributed by atoms with Gasteiger partial charge in [-0.3, -0.25) is 0 Å². The molecule has 4 aliphatic rings. The molecule has 0 radical (unpaired) electrons. The number of nitrogens with one attached hydrogen (secondary N) is 1. The number of urea groups is 1. The summed E-state index contributed by atoms with van der Waals surface area (Å²) in [6, 6.07) is 0.254. The summed E-state index contributed by atoms with van der Waals surface area (Å²) in [4.78, 5) is 13.9. The van der Waals surface area contributed by atoms with Gasteiger partial charge in [0.2, 0.25) is 0 Å². The Kier molecular flexibility index (Phi) is 3.46. The summed E-state index contributed by atoms with van der Waals surface area (Å²) < 4.78 is 0. The van der Waals surface area contributed by atoms with Gasteiger partial charge in [0.25, 0.3) is 0 Å². The van der Waals surface area contributed by atoms with E-state index in [0.717, 1.165) is 11.8 Å². The number of carbonyl (C=O) groups excluding carboxylic acids is 1. The predicted molar refractivity (Wildman–Crippen MR) is 73.7 cm³/mol. The van der Waals surface area contributed by atoms with Crippen molar-refractivity contribution in [1.82, 2.24) is 10.2 Å². The van der Waals surface area contributed by atoms with Crippen LogP contribution in [0.2, 0.25) is 0 Å². The molecule has 19 heavy (non-hydrogen) atoms. The number of aliphatic hydroxyl groups excluding tert-OH is 1. The second-order valence-corrected chi connectivity index (χ2v) is 7.05. The third-order valence-corrected chi connectivity index (χ3v) is 5.76. The fraction of sp³-hybridized carbons (Fsp3) is 0.933. The van der Waals surface area contributed by atoms with Crippen LogP contribution in [0.25, 0.3) is 0 Å². The Bertz CT molecular complexity index is 330. The van der Waals surface area contributed by atoms with Crippen molar-refractivity contribution >= 4 is 6.03 Å². The first-order chi connectivity index (χ1) is 9.08. The lowest BCUT2D eigenvalue weighted by atomic mass is 9.54. The fourth-order valence-electron chi connectivity index (χ4n) is 4.73. The van der Waals surface area contributed by atoms with Crippen molar-refractivity contribution < 1.29 is 9.90 Å². The van der Waals surface area contributed by atoms with Crippen LogP contribution in [0.4, 0.5) is 4.79 Å². The van der Waals surface area contributed by atoms with E-state index in [2.05, 4.69) is 5.32 Å². The Morgan fingerprint density at radius 2 is 1.74 bits per heavy atom. The van der Waals surface area contributed by atoms with Crippen LogP contribution in [0.5, 0.6) is 0 Å². The molecule has 0 aromatic heterocycles. The smallest absolute Gasteiger partial charge is 0.317 e. The highest BCUT2D eigenvalue weighted by molar-refractivity contribution is 5.74. The van der Waals surface area contributed by atoms with E-state index in [-0.39, 0.29) is 18.7 Å². The molecule has 1 unspecified atom stereocenters. The topological polar surface area (TPSA) is 52.6 Å². The Morgan fingerprint density at radius 1 is 1.21 bits per heavy atom. The second kappa shape index (κ2) is 4.97. The Balaban J connectivity index is 1.62. The predicted octanol–water partition coefficient (Wildman–Crippen LogP) is 1.83. The van der Waals surface area contributed by atoms with Gasteiger partial charge in [-0.2, -0.15) is 0 Å². The third-order valence-electron chi connectivity index (χ3n) is 5.76. The van der Waals surface area contributed by atoms with E-state index < -0.39 is 0 Å². The van der Waals surface area contributed by atoms with Crippen LogP contribution < -0.4 is 5.32 Å². The summed E-state index contributed by atoms with van der Waals surface area (Å²) in [6.45, 7) is 1.89. The van der Waals surface area contributed by atoms with E-state index in [1.807, 2.05) is 6.92 Å². The van der Waals surface area contributed by atoms with Gasteiger partial charge in [0.1, 0.15) is 0 Å². The van der Waals surface area contributed by atoms with Crippen molar-refractivity contribution in [1.29, 1.82) is 0 Å². The number of hydrogen-bond donors (Lipinski definition) is 2. The van der Waals surface area contributed by atoms with E-state index in [1.165, 1.54) is 32.1 Å². The lowest BCUT2D eigenvalue weighted by molar-refractivity contribution is -0.0114. The second-order valence-electron chi connectivity index (χ2n) is 7.05. The largest absolute Gasteiger partial charge is 0.394 e. The zero-order chi connectivity index (χ0) is 13.6. The van der Waals surface area contributed by atoms with Gasteiger partial charge < -0.3 is 15.3 Å². The number of likely N-dealkylation sites (N-methyl/N-ethyl adjacent to an activating group) is 1. The van der Waals surface area contributed by atoms with Crippen LogP contribution in [-0.4, -0.2) is 41.8 Å². The van der Waals surface area contributed by atoms with Crippen LogP contribution in [-0.2, 0) is 0 Å². The maximum atomic E-state index is 12.2. The number of amides is 2. The molecule has 2 N–H and O–H groups in total. The molecule has 0 saturated heterocycles. The van der Waals surface area contributed by atoms with Gasteiger partial charge in [-0.25, -0.2) is 4.79 Å². The molecule has 4 bridgehead atoms. The third kappa shape index (κ3) is 2.35. The monoisotopic (exact) mass is 266 g/mol. The molecule has 0 heterocycles. The minimum absolute atomic E-state index is 0.0148. The van der Waals surface area contributed by atoms with Gasteiger partial charge in [0.05, 0.1) is 12.6 Å². The van der Waals surface area contributed by atoms with Gasteiger partial charge in [-0.05, 0) is 62.7 Å². The lowest BCUT2D eigenvalue weighted by Crippen LogP contribution is -2.58. The van der Waals surface area contributed by atoms with Crippen LogP contribution in [0.1, 0.15) is 39.0 Å². The molecule has 4 rings (SSSR count). The minimum atomic E-state index is -0.114. The summed E-state index contributed by atoms with van der Waals surface area (Å²) >= 11 is 0. The van der Waals surface area contributed by atoms with Crippen molar-refractivity contribution in [2.24, 2.45) is 23.7 Å². The van der Waals surface area contributed by atoms with Crippen molar-refractivity contribution in [2.45, 2.75) is 51.1 Å². The van der Waals surface area contributed by atoms with E-state index in [1.54, 1.807) is 11.9 Å². The summed E-state index contributed by atoms with van der Waals surface area (Å²) in [7, 11) is 1.77. The van der Waals surface area contributed by atoms with Crippen molar-refractivity contribution in [3.63, 3.8) is 0 Å². The zero-order valence-electron chi connectivity index (χ0n) is 12.0. The number of rotatable bonds is 3. The van der Waals surface area contributed by atoms with Gasteiger partial charge in [0, 0.05) is 13.1 Å². The van der Waals surface area contributed by atoms with Gasteiger partial charge >= 0.3 is 6.03 Å². The highest BCUT2D eigenvalue weighted by atomic mass is 16.3. The van der Waals surface area contributed by atoms with E-state index in [9.17, 15) is 4.79 Å². The molecule has 1 atom stereocenters. The summed E-state index contributed by atoms with van der Waals surface area (Å²) in [5.41, 5.74) is 0. The maximum absolute atomic E-state index is 12.2. The standard InChI is InChI=1S/C15H26N2O2/c1-9(8-18)17(2)15(19)16-14-12-4-10-3-11(6-12)7-13(14)5-10/h9-14,18H,3-8H2,1-2H3,(H,16,19). The molecule has 4 saturated carbocycles. The average molecular weight is 266 g/mol. The Hall–Kier alpha value is -0.770. The minimum Gasteiger partial charge on any atom is -0.394 e. The molecule has 0 aliphatic heterocycles. The first kappa shape index (κ1) is 13.2. The first-order valence-corrected chi connectivity index (χ1v) is 7.72. The maximum Gasteiger partial charge on any atom is 0.317 e. The summed E-state index contributed by atoms with van der Waals surface area (Å²) in [5, 5.41) is 12.4. The number of hydrogen-bond acceptors (Lipinski definition) is 2. The van der Waals surface area contributed by atoms with Gasteiger partial charge in [0.15, 0.2) is 0 Å². The molecule has 0 spiro atoms. The molecule has 108 valence electrons. The molecule has 2 amide bonds. The van der Waals surface area contributed by atoms with Gasteiger partial charge in [-0.1, -0.05) is 0 Å². The average Bonchev–Trinajstić information content (AvgIpc) is 2.40. The molecular formula is C15H26N2O2. The summed E-state index contributed by atoms with van der Waals surface area (Å²) in [6.07, 6.45) is 6.71. The quantitative estimate of drug-likeness (QED) is 0.819. The zero-order valence-corrected chi connectivity index (χ0v) is 12.0. The van der Waals surface area contributed by atoms with Crippen LogP contribution >= 0.6 is 0 Å². The van der Waals surface area contributed by atoms with Crippen LogP contribution in [0.3, 0.4) is 0 Å². The molecule has 4 nitrogen and oxygen atoms in total. The molecule has 4 aliphatic carbocycles. The van der Waals surface area contributed by atoms with Gasteiger partial charge in [-0.15, -0.1) is 0 Å². The number of carbonyl (C=O) groups is 1. The Labute approximate surface area is 115 Å². The first-order valence-electron chi connectivity index (χ1n) is 7.72. The molecule has 4 fully saturated rings. The molecule has 4 heteroatoms. The van der Waals surface area contributed by atoms with Crippen molar-refractivity contribution in [3.8, 4) is 0 Å². The van der Waals surface area contributed by atoms with Crippen LogP contribution in [0.15, 0.2) is 0 Å². The van der Waals surface area contributed by atoms with Crippen LogP contribution in [0, 0.1) is 23.7 Å². The van der Waals surface area contributed by atoms with Crippen molar-refractivity contribution in [3.05, 3.63) is 0 Å². The van der Waals surface area contributed by atoms with Crippen molar-refractivity contribution in [2.75, 3.05) is 13.7 Å².